The number of hydrogen-bond donors (Lipinski definition) is 2. The number of aromatic nitrogens is 2. The molecule has 0 aliphatic heterocycles. The molecule has 0 fully saturated rings. The lowest BCUT2D eigenvalue weighted by molar-refractivity contribution is -0.114. The third-order valence-electron chi connectivity index (χ3n) is 0.886. The molecule has 5 heteroatoms. The molecular formula is C9H17N3OS. The van der Waals surface area contributed by atoms with Gasteiger partial charge in [-0.05, 0) is 12.3 Å². The summed E-state index contributed by atoms with van der Waals surface area (Å²) in [6.45, 7) is 5.43. The zero-order chi connectivity index (χ0) is 11.4. The third kappa shape index (κ3) is 8.99. The van der Waals surface area contributed by atoms with Gasteiger partial charge in [0.2, 0.25) is 5.91 Å². The molecule has 0 aliphatic carbocycles. The van der Waals surface area contributed by atoms with Crippen LogP contribution in [-0.4, -0.2) is 22.1 Å². The minimum absolute atomic E-state index is 0.126. The van der Waals surface area contributed by atoms with E-state index in [1.54, 1.807) is 18.5 Å². The van der Waals surface area contributed by atoms with Gasteiger partial charge in [-0.2, -0.15) is 12.6 Å². The Morgan fingerprint density at radius 3 is 2.36 bits per heavy atom. The summed E-state index contributed by atoms with van der Waals surface area (Å²) in [4.78, 5) is 17.9. The molecule has 1 aromatic rings. The number of carbonyl (C=O) groups is 1. The Hall–Kier alpha value is -1.10. The Bertz CT molecular complexity index is 229. The molecule has 0 aliphatic rings. The summed E-state index contributed by atoms with van der Waals surface area (Å²) in [5, 5.41) is 2.51. The normalized spacial score (nSPS) is 7.21. The van der Waals surface area contributed by atoms with Crippen molar-refractivity contribution < 1.29 is 4.79 Å². The molecule has 1 aromatic heterocycles. The first-order chi connectivity index (χ1) is 6.79. The first-order valence-corrected chi connectivity index (χ1v) is 5.17. The van der Waals surface area contributed by atoms with Crippen LogP contribution < -0.4 is 5.32 Å². The lowest BCUT2D eigenvalue weighted by atomic mass is 10.5. The molecule has 0 aromatic carbocycles. The highest BCUT2D eigenvalue weighted by molar-refractivity contribution is 7.79. The smallest absolute Gasteiger partial charge is 0.222 e. The average molecular weight is 215 g/mol. The van der Waals surface area contributed by atoms with Crippen LogP contribution in [0.15, 0.2) is 18.6 Å². The van der Waals surface area contributed by atoms with Crippen molar-refractivity contribution >= 4 is 24.4 Å². The van der Waals surface area contributed by atoms with Gasteiger partial charge in [-0.15, -0.1) is 0 Å². The van der Waals surface area contributed by atoms with E-state index in [-0.39, 0.29) is 5.91 Å². The standard InChI is InChI=1S/C6H7N3O.C2H6.CH4S/c1-5(10)9-6-2-3-7-4-8-6;2*1-2/h2-4H,1H3,(H,7,8,9,10);1-2H3;2H,1H3. The summed E-state index contributed by atoms with van der Waals surface area (Å²) in [6.07, 6.45) is 4.64. The second-order valence-electron chi connectivity index (χ2n) is 1.78. The SMILES string of the molecule is CC.CC(=O)Nc1ccncn1.CS. The highest BCUT2D eigenvalue weighted by atomic mass is 32.1. The number of carbonyl (C=O) groups excluding carboxylic acids is 1. The Kier molecular flexibility index (Phi) is 13.1. The molecular weight excluding hydrogens is 198 g/mol. The minimum Gasteiger partial charge on any atom is -0.311 e. The molecule has 80 valence electrons. The second-order valence-corrected chi connectivity index (χ2v) is 1.78. The molecule has 1 N–H and O–H groups in total. The Balaban J connectivity index is 0. The fraction of sp³-hybridized carbons (Fsp3) is 0.444. The van der Waals surface area contributed by atoms with E-state index in [0.717, 1.165) is 0 Å². The maximum absolute atomic E-state index is 10.4. The summed E-state index contributed by atoms with van der Waals surface area (Å²) in [5.41, 5.74) is 0. The topological polar surface area (TPSA) is 54.9 Å². The van der Waals surface area contributed by atoms with E-state index in [0.29, 0.717) is 5.82 Å². The van der Waals surface area contributed by atoms with E-state index in [1.165, 1.54) is 13.3 Å². The van der Waals surface area contributed by atoms with Crippen LogP contribution in [0.5, 0.6) is 0 Å². The van der Waals surface area contributed by atoms with Gasteiger partial charge in [0.05, 0.1) is 0 Å². The zero-order valence-corrected chi connectivity index (χ0v) is 9.88. The Morgan fingerprint density at radius 1 is 1.43 bits per heavy atom. The highest BCUT2D eigenvalue weighted by Crippen LogP contribution is 1.95. The quantitative estimate of drug-likeness (QED) is 0.705. The van der Waals surface area contributed by atoms with Crippen molar-refractivity contribution in [3.05, 3.63) is 18.6 Å². The minimum atomic E-state index is -0.126. The van der Waals surface area contributed by atoms with Crippen LogP contribution in [0.25, 0.3) is 0 Å². The molecule has 0 saturated heterocycles. The summed E-state index contributed by atoms with van der Waals surface area (Å²) >= 11 is 3.53. The van der Waals surface area contributed by atoms with E-state index in [4.69, 9.17) is 0 Å². The average Bonchev–Trinajstić information content (AvgIpc) is 2.24. The van der Waals surface area contributed by atoms with Crippen LogP contribution >= 0.6 is 12.6 Å². The number of nitrogens with zero attached hydrogens (tertiary/aromatic N) is 2. The summed E-state index contributed by atoms with van der Waals surface area (Å²) < 4.78 is 0. The van der Waals surface area contributed by atoms with Crippen molar-refractivity contribution in [2.24, 2.45) is 0 Å². The van der Waals surface area contributed by atoms with Crippen molar-refractivity contribution in [2.45, 2.75) is 20.8 Å². The van der Waals surface area contributed by atoms with Crippen LogP contribution in [0.4, 0.5) is 5.82 Å². The van der Waals surface area contributed by atoms with Crippen LogP contribution in [0.3, 0.4) is 0 Å². The van der Waals surface area contributed by atoms with Gasteiger partial charge in [-0.1, -0.05) is 13.8 Å². The van der Waals surface area contributed by atoms with Gasteiger partial charge < -0.3 is 5.32 Å². The molecule has 0 radical (unpaired) electrons. The largest absolute Gasteiger partial charge is 0.311 e. The number of amides is 1. The highest BCUT2D eigenvalue weighted by Gasteiger charge is 1.92. The lowest BCUT2D eigenvalue weighted by Gasteiger charge is -1.96. The van der Waals surface area contributed by atoms with Gasteiger partial charge in [0, 0.05) is 13.1 Å². The molecule has 0 saturated carbocycles. The second kappa shape index (κ2) is 11.9. The Labute approximate surface area is 90.6 Å². The van der Waals surface area contributed by atoms with Crippen LogP contribution in [0, 0.1) is 0 Å². The maximum atomic E-state index is 10.4. The molecule has 1 heterocycles. The van der Waals surface area contributed by atoms with Crippen molar-refractivity contribution in [1.82, 2.24) is 9.97 Å². The molecule has 0 spiro atoms. The van der Waals surface area contributed by atoms with E-state index in [9.17, 15) is 4.79 Å². The van der Waals surface area contributed by atoms with Gasteiger partial charge in [0.1, 0.15) is 12.1 Å². The molecule has 0 atom stereocenters. The monoisotopic (exact) mass is 215 g/mol. The number of nitrogens with one attached hydrogen (secondary N) is 1. The first-order valence-electron chi connectivity index (χ1n) is 4.27. The summed E-state index contributed by atoms with van der Waals surface area (Å²) in [5.74, 6) is 0.404. The van der Waals surface area contributed by atoms with E-state index in [2.05, 4.69) is 27.9 Å². The van der Waals surface area contributed by atoms with E-state index in [1.807, 2.05) is 13.8 Å². The van der Waals surface area contributed by atoms with E-state index >= 15 is 0 Å². The number of anilines is 1. The predicted molar refractivity (Wildman–Crippen MR) is 62.6 cm³/mol. The molecule has 1 amide bonds. The number of thiol groups is 1. The third-order valence-corrected chi connectivity index (χ3v) is 0.886. The molecule has 4 nitrogen and oxygen atoms in total. The van der Waals surface area contributed by atoms with Crippen LogP contribution in [0.2, 0.25) is 0 Å². The number of hydrogen-bond acceptors (Lipinski definition) is 4. The summed E-state index contributed by atoms with van der Waals surface area (Å²) in [6, 6.07) is 1.63. The van der Waals surface area contributed by atoms with Crippen molar-refractivity contribution in [3.8, 4) is 0 Å². The summed E-state index contributed by atoms with van der Waals surface area (Å²) in [7, 11) is 0. The number of rotatable bonds is 1. The molecule has 0 unspecified atom stereocenters. The Morgan fingerprint density at radius 2 is 2.00 bits per heavy atom. The van der Waals surface area contributed by atoms with Crippen LogP contribution in [-0.2, 0) is 4.79 Å². The molecule has 0 bridgehead atoms. The molecule has 14 heavy (non-hydrogen) atoms. The van der Waals surface area contributed by atoms with Crippen LogP contribution in [0.1, 0.15) is 20.8 Å². The lowest BCUT2D eigenvalue weighted by Crippen LogP contribution is -2.06. The fourth-order valence-corrected chi connectivity index (χ4v) is 0.545. The van der Waals surface area contributed by atoms with Gasteiger partial charge >= 0.3 is 0 Å². The van der Waals surface area contributed by atoms with Gasteiger partial charge in [-0.25, -0.2) is 9.97 Å². The van der Waals surface area contributed by atoms with Gasteiger partial charge in [0.15, 0.2) is 0 Å². The maximum Gasteiger partial charge on any atom is 0.222 e. The first kappa shape index (κ1) is 15.4. The van der Waals surface area contributed by atoms with Crippen molar-refractivity contribution in [3.63, 3.8) is 0 Å². The predicted octanol–water partition coefficient (Wildman–Crippen LogP) is 2.01. The fourth-order valence-electron chi connectivity index (χ4n) is 0.545. The van der Waals surface area contributed by atoms with Gasteiger partial charge in [0.25, 0.3) is 0 Å². The molecule has 1 rings (SSSR count). The zero-order valence-electron chi connectivity index (χ0n) is 8.98. The van der Waals surface area contributed by atoms with Crippen molar-refractivity contribution in [1.29, 1.82) is 0 Å². The van der Waals surface area contributed by atoms with Crippen molar-refractivity contribution in [2.75, 3.05) is 11.6 Å². The van der Waals surface area contributed by atoms with Gasteiger partial charge in [-0.3, -0.25) is 4.79 Å². The van der Waals surface area contributed by atoms with E-state index < -0.39 is 0 Å².